The molecule has 0 saturated carbocycles. The van der Waals surface area contributed by atoms with E-state index in [1.54, 1.807) is 6.08 Å². The van der Waals surface area contributed by atoms with Crippen molar-refractivity contribution in [2.24, 2.45) is 0 Å². The molecule has 0 spiro atoms. The van der Waals surface area contributed by atoms with Crippen molar-refractivity contribution >= 4 is 39.6 Å². The SMILES string of the molecule is Cc1cccc(C)c1NC(=O)COC(=O)/C=C/c1ccccc1Br. The number of ether oxygens (including phenoxy) is 1. The number of para-hydroxylation sites is 1. The average Bonchev–Trinajstić information content (AvgIpc) is 2.56. The molecule has 2 aromatic rings. The summed E-state index contributed by atoms with van der Waals surface area (Å²) in [6.45, 7) is 3.50. The van der Waals surface area contributed by atoms with Gasteiger partial charge in [0, 0.05) is 16.2 Å². The van der Waals surface area contributed by atoms with Crippen molar-refractivity contribution < 1.29 is 14.3 Å². The van der Waals surface area contributed by atoms with Crippen LogP contribution in [0.15, 0.2) is 53.0 Å². The quantitative estimate of drug-likeness (QED) is 0.615. The van der Waals surface area contributed by atoms with Gasteiger partial charge in [-0.3, -0.25) is 4.79 Å². The Morgan fingerprint density at radius 2 is 1.75 bits per heavy atom. The van der Waals surface area contributed by atoms with Crippen LogP contribution in [-0.2, 0) is 14.3 Å². The number of benzene rings is 2. The van der Waals surface area contributed by atoms with E-state index >= 15 is 0 Å². The van der Waals surface area contributed by atoms with Gasteiger partial charge in [-0.2, -0.15) is 0 Å². The van der Waals surface area contributed by atoms with Gasteiger partial charge in [0.15, 0.2) is 6.61 Å². The Labute approximate surface area is 149 Å². The zero-order valence-electron chi connectivity index (χ0n) is 13.5. The lowest BCUT2D eigenvalue weighted by Gasteiger charge is -2.11. The van der Waals surface area contributed by atoms with E-state index in [0.29, 0.717) is 0 Å². The lowest BCUT2D eigenvalue weighted by Crippen LogP contribution is -2.21. The third-order valence-corrected chi connectivity index (χ3v) is 4.12. The van der Waals surface area contributed by atoms with Crippen molar-refractivity contribution in [1.29, 1.82) is 0 Å². The van der Waals surface area contributed by atoms with Gasteiger partial charge in [-0.05, 0) is 42.7 Å². The summed E-state index contributed by atoms with van der Waals surface area (Å²) >= 11 is 3.39. The molecule has 0 atom stereocenters. The number of nitrogens with one attached hydrogen (secondary N) is 1. The van der Waals surface area contributed by atoms with Gasteiger partial charge in [-0.25, -0.2) is 4.79 Å². The fourth-order valence-corrected chi connectivity index (χ4v) is 2.56. The number of rotatable bonds is 5. The minimum absolute atomic E-state index is 0.326. The smallest absolute Gasteiger partial charge is 0.331 e. The Balaban J connectivity index is 1.88. The third-order valence-electron chi connectivity index (χ3n) is 3.40. The standard InChI is InChI=1S/C19H18BrNO3/c1-13-6-5-7-14(2)19(13)21-17(22)12-24-18(23)11-10-15-8-3-4-9-16(15)20/h3-11H,12H2,1-2H3,(H,21,22)/b11-10+. The molecule has 0 aliphatic rings. The molecule has 1 amide bonds. The summed E-state index contributed by atoms with van der Waals surface area (Å²) in [6.07, 6.45) is 2.93. The van der Waals surface area contributed by atoms with Crippen molar-refractivity contribution in [2.75, 3.05) is 11.9 Å². The maximum absolute atomic E-state index is 11.9. The van der Waals surface area contributed by atoms with E-state index < -0.39 is 5.97 Å². The van der Waals surface area contributed by atoms with Crippen LogP contribution in [0.25, 0.3) is 6.08 Å². The number of anilines is 1. The molecule has 2 rings (SSSR count). The van der Waals surface area contributed by atoms with Gasteiger partial charge in [-0.1, -0.05) is 52.3 Å². The van der Waals surface area contributed by atoms with E-state index in [1.165, 1.54) is 6.08 Å². The van der Waals surface area contributed by atoms with E-state index in [0.717, 1.165) is 26.9 Å². The molecule has 124 valence electrons. The molecule has 24 heavy (non-hydrogen) atoms. The highest BCUT2D eigenvalue weighted by atomic mass is 79.9. The molecule has 1 N–H and O–H groups in total. The number of amides is 1. The molecule has 0 aliphatic heterocycles. The summed E-state index contributed by atoms with van der Waals surface area (Å²) in [5.74, 6) is -0.933. The van der Waals surface area contributed by atoms with Crippen molar-refractivity contribution in [3.05, 3.63) is 69.7 Å². The number of carbonyl (C=O) groups is 2. The number of hydrogen-bond donors (Lipinski definition) is 1. The maximum Gasteiger partial charge on any atom is 0.331 e. The maximum atomic E-state index is 11.9. The second-order valence-electron chi connectivity index (χ2n) is 5.28. The van der Waals surface area contributed by atoms with Crippen LogP contribution < -0.4 is 5.32 Å². The van der Waals surface area contributed by atoms with Crippen LogP contribution in [0.5, 0.6) is 0 Å². The Morgan fingerprint density at radius 1 is 1.08 bits per heavy atom. The van der Waals surface area contributed by atoms with Crippen molar-refractivity contribution in [3.63, 3.8) is 0 Å². The molecule has 2 aromatic carbocycles. The van der Waals surface area contributed by atoms with Crippen LogP contribution in [0, 0.1) is 13.8 Å². The molecule has 0 heterocycles. The lowest BCUT2D eigenvalue weighted by molar-refractivity contribution is -0.142. The molecule has 5 heteroatoms. The van der Waals surface area contributed by atoms with Crippen LogP contribution >= 0.6 is 15.9 Å². The van der Waals surface area contributed by atoms with Gasteiger partial charge in [-0.15, -0.1) is 0 Å². The van der Waals surface area contributed by atoms with Crippen molar-refractivity contribution in [3.8, 4) is 0 Å². The Kier molecular flexibility index (Phi) is 6.32. The van der Waals surface area contributed by atoms with E-state index in [1.807, 2.05) is 56.3 Å². The first-order valence-corrected chi connectivity index (χ1v) is 8.22. The highest BCUT2D eigenvalue weighted by molar-refractivity contribution is 9.10. The molecule has 0 bridgehead atoms. The summed E-state index contributed by atoms with van der Waals surface area (Å²) in [5, 5.41) is 2.77. The predicted octanol–water partition coefficient (Wildman–Crippen LogP) is 4.26. The zero-order chi connectivity index (χ0) is 17.5. The first kappa shape index (κ1) is 17.9. The minimum atomic E-state index is -0.567. The Morgan fingerprint density at radius 3 is 2.42 bits per heavy atom. The summed E-state index contributed by atoms with van der Waals surface area (Å²) in [6, 6.07) is 13.2. The second kappa shape index (κ2) is 8.45. The Hall–Kier alpha value is -2.40. The monoisotopic (exact) mass is 387 g/mol. The average molecular weight is 388 g/mol. The van der Waals surface area contributed by atoms with Crippen molar-refractivity contribution in [1.82, 2.24) is 0 Å². The number of hydrogen-bond acceptors (Lipinski definition) is 3. The van der Waals surface area contributed by atoms with Crippen LogP contribution in [0.2, 0.25) is 0 Å². The van der Waals surface area contributed by atoms with Crippen LogP contribution in [0.3, 0.4) is 0 Å². The van der Waals surface area contributed by atoms with Gasteiger partial charge in [0.25, 0.3) is 5.91 Å². The fraction of sp³-hybridized carbons (Fsp3) is 0.158. The summed E-state index contributed by atoms with van der Waals surface area (Å²) < 4.78 is 5.84. The molecular weight excluding hydrogens is 370 g/mol. The largest absolute Gasteiger partial charge is 0.452 e. The van der Waals surface area contributed by atoms with E-state index in [-0.39, 0.29) is 12.5 Å². The first-order chi connectivity index (χ1) is 11.5. The molecule has 0 fully saturated rings. The van der Waals surface area contributed by atoms with E-state index in [9.17, 15) is 9.59 Å². The summed E-state index contributed by atoms with van der Waals surface area (Å²) in [4.78, 5) is 23.6. The molecule has 0 saturated heterocycles. The highest BCUT2D eigenvalue weighted by Crippen LogP contribution is 2.19. The summed E-state index contributed by atoms with van der Waals surface area (Å²) in [5.41, 5.74) is 3.53. The first-order valence-electron chi connectivity index (χ1n) is 7.43. The van der Waals surface area contributed by atoms with Crippen molar-refractivity contribution in [2.45, 2.75) is 13.8 Å². The Bertz CT molecular complexity index is 764. The number of aryl methyl sites for hydroxylation is 2. The highest BCUT2D eigenvalue weighted by Gasteiger charge is 2.09. The lowest BCUT2D eigenvalue weighted by atomic mass is 10.1. The zero-order valence-corrected chi connectivity index (χ0v) is 15.1. The summed E-state index contributed by atoms with van der Waals surface area (Å²) in [7, 11) is 0. The molecule has 4 nitrogen and oxygen atoms in total. The number of halogens is 1. The van der Waals surface area contributed by atoms with Gasteiger partial charge < -0.3 is 10.1 Å². The van der Waals surface area contributed by atoms with Gasteiger partial charge in [0.05, 0.1) is 0 Å². The van der Waals surface area contributed by atoms with Crippen LogP contribution in [0.1, 0.15) is 16.7 Å². The second-order valence-corrected chi connectivity index (χ2v) is 6.13. The fourth-order valence-electron chi connectivity index (χ4n) is 2.14. The topological polar surface area (TPSA) is 55.4 Å². The van der Waals surface area contributed by atoms with Crippen LogP contribution in [0.4, 0.5) is 5.69 Å². The number of esters is 1. The third kappa shape index (κ3) is 5.06. The van der Waals surface area contributed by atoms with E-state index in [2.05, 4.69) is 21.2 Å². The van der Waals surface area contributed by atoms with Gasteiger partial charge in [0.2, 0.25) is 0 Å². The minimum Gasteiger partial charge on any atom is -0.452 e. The number of carbonyl (C=O) groups excluding carboxylic acids is 2. The molecule has 0 radical (unpaired) electrons. The molecule has 0 aliphatic carbocycles. The predicted molar refractivity (Wildman–Crippen MR) is 98.7 cm³/mol. The van der Waals surface area contributed by atoms with Crippen LogP contribution in [-0.4, -0.2) is 18.5 Å². The van der Waals surface area contributed by atoms with E-state index in [4.69, 9.17) is 4.74 Å². The van der Waals surface area contributed by atoms with Gasteiger partial charge in [0.1, 0.15) is 0 Å². The molecule has 0 unspecified atom stereocenters. The van der Waals surface area contributed by atoms with Gasteiger partial charge >= 0.3 is 5.97 Å². The molecular formula is C19H18BrNO3. The normalized spacial score (nSPS) is 10.6. The molecule has 0 aromatic heterocycles.